The first kappa shape index (κ1) is 12.3. The molecule has 2 N–H and O–H groups in total. The number of anilines is 1. The van der Waals surface area contributed by atoms with Gasteiger partial charge in [0.25, 0.3) is 0 Å². The highest BCUT2D eigenvalue weighted by molar-refractivity contribution is 6.32. The number of nitriles is 1. The Morgan fingerprint density at radius 2 is 2.00 bits per heavy atom. The van der Waals surface area contributed by atoms with Crippen LogP contribution < -0.4 is 10.5 Å². The Kier molecular flexibility index (Phi) is 3.71. The normalized spacial score (nSPS) is 9.78. The number of hydrogen-bond donors (Lipinski definition) is 1. The summed E-state index contributed by atoms with van der Waals surface area (Å²) in [6.07, 6.45) is 0. The van der Waals surface area contributed by atoms with Gasteiger partial charge in [-0.25, -0.2) is 0 Å². The summed E-state index contributed by atoms with van der Waals surface area (Å²) in [6.45, 7) is 0.285. The van der Waals surface area contributed by atoms with Crippen LogP contribution in [-0.2, 0) is 6.61 Å². The fraction of sp³-hybridized carbons (Fsp3) is 0.0714. The average Bonchev–Trinajstić information content (AvgIpc) is 2.40. The number of hydrogen-bond acceptors (Lipinski definition) is 3. The summed E-state index contributed by atoms with van der Waals surface area (Å²) in [6, 6.07) is 14.4. The van der Waals surface area contributed by atoms with Crippen LogP contribution >= 0.6 is 11.6 Å². The van der Waals surface area contributed by atoms with Gasteiger partial charge < -0.3 is 10.5 Å². The molecular weight excluding hydrogens is 248 g/mol. The minimum atomic E-state index is 0.285. The van der Waals surface area contributed by atoms with Gasteiger partial charge in [0.2, 0.25) is 0 Å². The standard InChI is InChI=1S/C14H11ClN2O/c15-13-6-5-12(17)7-14(13)18-9-11-4-2-1-3-10(11)8-16/h1-7H,9,17H2. The smallest absolute Gasteiger partial charge is 0.140 e. The second-order valence-electron chi connectivity index (χ2n) is 3.75. The number of halogens is 1. The summed E-state index contributed by atoms with van der Waals surface area (Å²) in [5.41, 5.74) is 7.66. The molecule has 4 heteroatoms. The van der Waals surface area contributed by atoms with E-state index in [-0.39, 0.29) is 6.61 Å². The van der Waals surface area contributed by atoms with Crippen molar-refractivity contribution >= 4 is 17.3 Å². The molecule has 0 amide bonds. The Labute approximate surface area is 110 Å². The molecule has 90 valence electrons. The molecule has 0 aliphatic carbocycles. The van der Waals surface area contributed by atoms with E-state index >= 15 is 0 Å². The van der Waals surface area contributed by atoms with Crippen molar-refractivity contribution in [3.8, 4) is 11.8 Å². The van der Waals surface area contributed by atoms with E-state index < -0.39 is 0 Å². The molecule has 2 rings (SSSR count). The predicted octanol–water partition coefficient (Wildman–Crippen LogP) is 3.37. The summed E-state index contributed by atoms with van der Waals surface area (Å²) in [7, 11) is 0. The number of rotatable bonds is 3. The zero-order valence-electron chi connectivity index (χ0n) is 9.56. The van der Waals surface area contributed by atoms with Gasteiger partial charge >= 0.3 is 0 Å². The van der Waals surface area contributed by atoms with Crippen LogP contribution in [0.3, 0.4) is 0 Å². The fourth-order valence-electron chi connectivity index (χ4n) is 1.54. The highest BCUT2D eigenvalue weighted by Crippen LogP contribution is 2.27. The molecule has 0 aliphatic heterocycles. The van der Waals surface area contributed by atoms with E-state index in [1.54, 1.807) is 24.3 Å². The Morgan fingerprint density at radius 3 is 2.78 bits per heavy atom. The van der Waals surface area contributed by atoms with Crippen molar-refractivity contribution in [2.75, 3.05) is 5.73 Å². The number of nitrogens with zero attached hydrogens (tertiary/aromatic N) is 1. The largest absolute Gasteiger partial charge is 0.487 e. The lowest BCUT2D eigenvalue weighted by Crippen LogP contribution is -1.99. The quantitative estimate of drug-likeness (QED) is 0.859. The second kappa shape index (κ2) is 5.44. The summed E-state index contributed by atoms with van der Waals surface area (Å²) in [5, 5.41) is 9.46. The van der Waals surface area contributed by atoms with Gasteiger partial charge in [0.15, 0.2) is 0 Å². The number of nitrogens with two attached hydrogens (primary N) is 1. The average molecular weight is 259 g/mol. The molecule has 3 nitrogen and oxygen atoms in total. The molecule has 0 aliphatic rings. The summed E-state index contributed by atoms with van der Waals surface area (Å²) >= 11 is 5.99. The molecule has 0 saturated carbocycles. The molecular formula is C14H11ClN2O. The third-order valence-corrected chi connectivity index (χ3v) is 2.79. The molecule has 0 heterocycles. The first-order chi connectivity index (χ1) is 8.70. The maximum absolute atomic E-state index is 8.96. The Hall–Kier alpha value is -2.18. The maximum Gasteiger partial charge on any atom is 0.140 e. The van der Waals surface area contributed by atoms with Gasteiger partial charge in [0.05, 0.1) is 16.7 Å². The molecule has 0 radical (unpaired) electrons. The van der Waals surface area contributed by atoms with Gasteiger partial charge in [0, 0.05) is 17.3 Å². The summed E-state index contributed by atoms with van der Waals surface area (Å²) in [4.78, 5) is 0. The molecule has 0 fully saturated rings. The highest BCUT2D eigenvalue weighted by Gasteiger charge is 2.05. The van der Waals surface area contributed by atoms with Crippen molar-refractivity contribution in [3.05, 3.63) is 58.6 Å². The van der Waals surface area contributed by atoms with Crippen LogP contribution in [0, 0.1) is 11.3 Å². The Balaban J connectivity index is 2.17. The van der Waals surface area contributed by atoms with Crippen molar-refractivity contribution < 1.29 is 4.74 Å². The van der Waals surface area contributed by atoms with Crippen LogP contribution in [0.5, 0.6) is 5.75 Å². The minimum absolute atomic E-state index is 0.285. The minimum Gasteiger partial charge on any atom is -0.487 e. The zero-order chi connectivity index (χ0) is 13.0. The van der Waals surface area contributed by atoms with Crippen LogP contribution in [0.25, 0.3) is 0 Å². The Bertz CT molecular complexity index is 605. The molecule has 2 aromatic rings. The van der Waals surface area contributed by atoms with E-state index in [1.807, 2.05) is 18.2 Å². The van der Waals surface area contributed by atoms with Gasteiger partial charge in [-0.05, 0) is 18.2 Å². The lowest BCUT2D eigenvalue weighted by atomic mass is 10.1. The summed E-state index contributed by atoms with van der Waals surface area (Å²) < 4.78 is 5.58. The predicted molar refractivity (Wildman–Crippen MR) is 71.4 cm³/mol. The van der Waals surface area contributed by atoms with Crippen LogP contribution in [-0.4, -0.2) is 0 Å². The molecule has 18 heavy (non-hydrogen) atoms. The van der Waals surface area contributed by atoms with Crippen LogP contribution in [0.4, 0.5) is 5.69 Å². The van der Waals surface area contributed by atoms with Gasteiger partial charge in [-0.15, -0.1) is 0 Å². The first-order valence-corrected chi connectivity index (χ1v) is 5.74. The van der Waals surface area contributed by atoms with E-state index in [9.17, 15) is 0 Å². The monoisotopic (exact) mass is 258 g/mol. The van der Waals surface area contributed by atoms with E-state index in [4.69, 9.17) is 27.3 Å². The van der Waals surface area contributed by atoms with Crippen LogP contribution in [0.15, 0.2) is 42.5 Å². The second-order valence-corrected chi connectivity index (χ2v) is 4.15. The maximum atomic E-state index is 8.96. The van der Waals surface area contributed by atoms with Crippen LogP contribution in [0.2, 0.25) is 5.02 Å². The number of ether oxygens (including phenoxy) is 1. The van der Waals surface area contributed by atoms with Gasteiger partial charge in [-0.2, -0.15) is 5.26 Å². The number of nitrogen functional groups attached to an aromatic ring is 1. The molecule has 0 spiro atoms. The fourth-order valence-corrected chi connectivity index (χ4v) is 1.71. The molecule has 0 atom stereocenters. The highest BCUT2D eigenvalue weighted by atomic mass is 35.5. The van der Waals surface area contributed by atoms with E-state index in [2.05, 4.69) is 6.07 Å². The van der Waals surface area contributed by atoms with E-state index in [1.165, 1.54) is 0 Å². The third kappa shape index (κ3) is 2.73. The molecule has 0 bridgehead atoms. The van der Waals surface area contributed by atoms with E-state index in [0.29, 0.717) is 22.0 Å². The molecule has 0 unspecified atom stereocenters. The lowest BCUT2D eigenvalue weighted by molar-refractivity contribution is 0.306. The van der Waals surface area contributed by atoms with Crippen LogP contribution in [0.1, 0.15) is 11.1 Å². The first-order valence-electron chi connectivity index (χ1n) is 5.36. The molecule has 0 saturated heterocycles. The van der Waals surface area contributed by atoms with Crippen molar-refractivity contribution in [1.29, 1.82) is 5.26 Å². The van der Waals surface area contributed by atoms with Gasteiger partial charge in [-0.1, -0.05) is 29.8 Å². The summed E-state index contributed by atoms with van der Waals surface area (Å²) in [5.74, 6) is 0.518. The van der Waals surface area contributed by atoms with Crippen molar-refractivity contribution in [2.45, 2.75) is 6.61 Å². The zero-order valence-corrected chi connectivity index (χ0v) is 10.3. The molecule has 0 aromatic heterocycles. The number of benzene rings is 2. The SMILES string of the molecule is N#Cc1ccccc1COc1cc(N)ccc1Cl. The van der Waals surface area contributed by atoms with Gasteiger partial charge in [-0.3, -0.25) is 0 Å². The topological polar surface area (TPSA) is 59.0 Å². The van der Waals surface area contributed by atoms with Crippen molar-refractivity contribution in [1.82, 2.24) is 0 Å². The Morgan fingerprint density at radius 1 is 1.22 bits per heavy atom. The van der Waals surface area contributed by atoms with Gasteiger partial charge in [0.1, 0.15) is 12.4 Å². The van der Waals surface area contributed by atoms with E-state index in [0.717, 1.165) is 5.56 Å². The molecule has 2 aromatic carbocycles. The third-order valence-electron chi connectivity index (χ3n) is 2.48. The van der Waals surface area contributed by atoms with Crippen molar-refractivity contribution in [3.63, 3.8) is 0 Å². The lowest BCUT2D eigenvalue weighted by Gasteiger charge is -2.09. The van der Waals surface area contributed by atoms with Crippen molar-refractivity contribution in [2.24, 2.45) is 0 Å².